The number of rotatable bonds is 5. The first kappa shape index (κ1) is 16.9. The Morgan fingerprint density at radius 2 is 1.92 bits per heavy atom. The molecular weight excluding hydrogens is 320 g/mol. The highest BCUT2D eigenvalue weighted by Gasteiger charge is 2.28. The summed E-state index contributed by atoms with van der Waals surface area (Å²) in [7, 11) is 4.75. The van der Waals surface area contributed by atoms with Gasteiger partial charge in [0.25, 0.3) is 0 Å². The number of hydrogen-bond donors (Lipinski definition) is 2. The molecule has 1 aromatic carbocycles. The number of nitrogens with two attached hydrogens (primary N) is 1. The summed E-state index contributed by atoms with van der Waals surface area (Å²) in [5.41, 5.74) is 9.24. The smallest absolute Gasteiger partial charge is 0.203 e. The van der Waals surface area contributed by atoms with Gasteiger partial charge in [-0.3, -0.25) is 0 Å². The summed E-state index contributed by atoms with van der Waals surface area (Å²) in [6.45, 7) is 0.659. The molecule has 130 valence electrons. The normalized spacial score (nSPS) is 15.4. The van der Waals surface area contributed by atoms with Crippen molar-refractivity contribution >= 4 is 5.82 Å². The maximum atomic E-state index is 9.44. The summed E-state index contributed by atoms with van der Waals surface area (Å²) in [5, 5.41) is 12.9. The fourth-order valence-corrected chi connectivity index (χ4v) is 3.23. The zero-order valence-electron chi connectivity index (χ0n) is 14.4. The quantitative estimate of drug-likeness (QED) is 0.857. The maximum Gasteiger partial charge on any atom is 0.203 e. The van der Waals surface area contributed by atoms with Gasteiger partial charge in [-0.1, -0.05) is 0 Å². The molecule has 0 aliphatic carbocycles. The lowest BCUT2D eigenvalue weighted by Gasteiger charge is -2.17. The number of nitriles is 1. The van der Waals surface area contributed by atoms with Gasteiger partial charge in [0, 0.05) is 18.8 Å². The van der Waals surface area contributed by atoms with E-state index < -0.39 is 0 Å². The van der Waals surface area contributed by atoms with E-state index in [1.165, 1.54) is 0 Å². The molecule has 0 saturated carbocycles. The predicted molar refractivity (Wildman–Crippen MR) is 92.7 cm³/mol. The van der Waals surface area contributed by atoms with Crippen LogP contribution in [0.5, 0.6) is 17.2 Å². The first-order chi connectivity index (χ1) is 12.1. The van der Waals surface area contributed by atoms with Crippen LogP contribution in [-0.4, -0.2) is 26.3 Å². The van der Waals surface area contributed by atoms with E-state index >= 15 is 0 Å². The standard InChI is InChI=1S/C18H20N4O3/c1-23-14-5-10(6-15(24-2)17(14)25-3)4-13-16-11(8-21-13)9-22-18(20)12(16)7-19/h5-6,9,13,21H,4,8H2,1-3H3,(H2,20,22). The number of aromatic nitrogens is 1. The molecule has 0 amide bonds. The number of hydrogen-bond acceptors (Lipinski definition) is 7. The SMILES string of the molecule is COc1cc(CC2NCc3cnc(N)c(C#N)c32)cc(OC)c1OC. The van der Waals surface area contributed by atoms with E-state index in [0.717, 1.165) is 16.7 Å². The van der Waals surface area contributed by atoms with Crippen molar-refractivity contribution < 1.29 is 14.2 Å². The monoisotopic (exact) mass is 340 g/mol. The molecule has 2 heterocycles. The summed E-state index contributed by atoms with van der Waals surface area (Å²) in [5.74, 6) is 2.02. The minimum atomic E-state index is -0.0299. The van der Waals surface area contributed by atoms with Gasteiger partial charge in [-0.25, -0.2) is 4.98 Å². The van der Waals surface area contributed by atoms with E-state index in [-0.39, 0.29) is 11.9 Å². The minimum Gasteiger partial charge on any atom is -0.493 e. The Morgan fingerprint density at radius 1 is 1.24 bits per heavy atom. The van der Waals surface area contributed by atoms with Gasteiger partial charge in [-0.15, -0.1) is 0 Å². The lowest BCUT2D eigenvalue weighted by Crippen LogP contribution is -2.16. The Balaban J connectivity index is 1.99. The summed E-state index contributed by atoms with van der Waals surface area (Å²) in [6, 6.07) is 5.98. The van der Waals surface area contributed by atoms with E-state index in [9.17, 15) is 5.26 Å². The number of anilines is 1. The number of methoxy groups -OCH3 is 3. The summed E-state index contributed by atoms with van der Waals surface area (Å²) < 4.78 is 16.2. The zero-order chi connectivity index (χ0) is 18.0. The van der Waals surface area contributed by atoms with Crippen molar-refractivity contribution in [3.63, 3.8) is 0 Å². The third-order valence-corrected chi connectivity index (χ3v) is 4.39. The third-order valence-electron chi connectivity index (χ3n) is 4.39. The average Bonchev–Trinajstić information content (AvgIpc) is 3.03. The Kier molecular flexibility index (Phi) is 4.63. The van der Waals surface area contributed by atoms with Crippen LogP contribution in [0.3, 0.4) is 0 Å². The van der Waals surface area contributed by atoms with Crippen LogP contribution in [0.15, 0.2) is 18.3 Å². The number of nitrogen functional groups attached to an aromatic ring is 1. The van der Waals surface area contributed by atoms with Crippen molar-refractivity contribution in [2.24, 2.45) is 0 Å². The van der Waals surface area contributed by atoms with Crippen molar-refractivity contribution in [2.45, 2.75) is 19.0 Å². The lowest BCUT2D eigenvalue weighted by atomic mass is 9.95. The van der Waals surface area contributed by atoms with Gasteiger partial charge in [0.2, 0.25) is 5.75 Å². The molecular formula is C18H20N4O3. The fourth-order valence-electron chi connectivity index (χ4n) is 3.23. The zero-order valence-corrected chi connectivity index (χ0v) is 14.4. The first-order valence-corrected chi connectivity index (χ1v) is 7.82. The second-order valence-electron chi connectivity index (χ2n) is 5.74. The Bertz CT molecular complexity index is 820. The summed E-state index contributed by atoms with van der Waals surface area (Å²) in [6.07, 6.45) is 2.38. The summed E-state index contributed by atoms with van der Waals surface area (Å²) in [4.78, 5) is 4.10. The predicted octanol–water partition coefficient (Wildman–Crippen LogP) is 1.95. The number of benzene rings is 1. The van der Waals surface area contributed by atoms with Crippen LogP contribution in [0.4, 0.5) is 5.82 Å². The van der Waals surface area contributed by atoms with E-state index in [2.05, 4.69) is 16.4 Å². The number of fused-ring (bicyclic) bond motifs is 1. The fraction of sp³-hybridized carbons (Fsp3) is 0.333. The third kappa shape index (κ3) is 2.92. The van der Waals surface area contributed by atoms with Gasteiger partial charge in [0.1, 0.15) is 11.9 Å². The number of ether oxygens (including phenoxy) is 3. The molecule has 7 nitrogen and oxygen atoms in total. The van der Waals surface area contributed by atoms with Crippen molar-refractivity contribution in [3.8, 4) is 23.3 Å². The maximum absolute atomic E-state index is 9.44. The van der Waals surface area contributed by atoms with Crippen molar-refractivity contribution in [1.82, 2.24) is 10.3 Å². The molecule has 3 rings (SSSR count). The molecule has 2 aromatic rings. The van der Waals surface area contributed by atoms with E-state index in [0.29, 0.717) is 35.8 Å². The Hall–Kier alpha value is -2.98. The Morgan fingerprint density at radius 3 is 2.48 bits per heavy atom. The van der Waals surface area contributed by atoms with Gasteiger partial charge >= 0.3 is 0 Å². The van der Waals surface area contributed by atoms with Crippen LogP contribution in [0, 0.1) is 11.3 Å². The molecule has 0 radical (unpaired) electrons. The molecule has 0 spiro atoms. The highest BCUT2D eigenvalue weighted by molar-refractivity contribution is 5.59. The van der Waals surface area contributed by atoms with Crippen LogP contribution in [-0.2, 0) is 13.0 Å². The average molecular weight is 340 g/mol. The number of nitrogens with zero attached hydrogens (tertiary/aromatic N) is 2. The molecule has 3 N–H and O–H groups in total. The molecule has 1 unspecified atom stereocenters. The first-order valence-electron chi connectivity index (χ1n) is 7.82. The molecule has 1 atom stereocenters. The number of pyridine rings is 1. The van der Waals surface area contributed by atoms with Crippen molar-refractivity contribution in [2.75, 3.05) is 27.1 Å². The minimum absolute atomic E-state index is 0.0299. The van der Waals surface area contributed by atoms with Gasteiger partial charge in [-0.2, -0.15) is 5.26 Å². The second kappa shape index (κ2) is 6.87. The van der Waals surface area contributed by atoms with Crippen LogP contribution < -0.4 is 25.3 Å². The van der Waals surface area contributed by atoms with Crippen LogP contribution in [0.1, 0.15) is 28.3 Å². The van der Waals surface area contributed by atoms with E-state index in [1.807, 2.05) is 12.1 Å². The highest BCUT2D eigenvalue weighted by Crippen LogP contribution is 2.40. The van der Waals surface area contributed by atoms with Crippen LogP contribution in [0.2, 0.25) is 0 Å². The van der Waals surface area contributed by atoms with Crippen molar-refractivity contribution in [1.29, 1.82) is 5.26 Å². The van der Waals surface area contributed by atoms with Gasteiger partial charge in [0.15, 0.2) is 11.5 Å². The molecule has 0 saturated heterocycles. The number of nitrogens with one attached hydrogen (secondary N) is 1. The van der Waals surface area contributed by atoms with Gasteiger partial charge in [-0.05, 0) is 35.2 Å². The largest absolute Gasteiger partial charge is 0.493 e. The van der Waals surface area contributed by atoms with Gasteiger partial charge in [0.05, 0.1) is 26.9 Å². The van der Waals surface area contributed by atoms with E-state index in [4.69, 9.17) is 19.9 Å². The molecule has 7 heteroatoms. The highest BCUT2D eigenvalue weighted by atomic mass is 16.5. The lowest BCUT2D eigenvalue weighted by molar-refractivity contribution is 0.323. The van der Waals surface area contributed by atoms with Crippen molar-refractivity contribution in [3.05, 3.63) is 40.6 Å². The molecule has 0 fully saturated rings. The summed E-state index contributed by atoms with van der Waals surface area (Å²) >= 11 is 0. The van der Waals surface area contributed by atoms with E-state index in [1.54, 1.807) is 27.5 Å². The molecule has 1 aliphatic heterocycles. The molecule has 1 aromatic heterocycles. The van der Waals surface area contributed by atoms with Crippen LogP contribution in [0.25, 0.3) is 0 Å². The Labute approximate surface area is 146 Å². The molecule has 0 bridgehead atoms. The molecule has 1 aliphatic rings. The topological polar surface area (TPSA) is 102 Å². The van der Waals surface area contributed by atoms with Crippen LogP contribution >= 0.6 is 0 Å². The second-order valence-corrected chi connectivity index (χ2v) is 5.74. The van der Waals surface area contributed by atoms with Gasteiger partial charge < -0.3 is 25.3 Å². The molecule has 25 heavy (non-hydrogen) atoms.